The Kier molecular flexibility index (Phi) is 4.17. The molecule has 2 heterocycles. The summed E-state index contributed by atoms with van der Waals surface area (Å²) < 4.78 is 10.2. The lowest BCUT2D eigenvalue weighted by Gasteiger charge is -2.29. The fourth-order valence-corrected chi connectivity index (χ4v) is 1.92. The second-order valence-electron chi connectivity index (χ2n) is 4.30. The van der Waals surface area contributed by atoms with Crippen LogP contribution in [0, 0.1) is 0 Å². The fourth-order valence-electron chi connectivity index (χ4n) is 1.92. The van der Waals surface area contributed by atoms with Crippen LogP contribution < -0.4 is 5.32 Å². The minimum atomic E-state index is -0.0838. The summed E-state index contributed by atoms with van der Waals surface area (Å²) in [5.41, 5.74) is 0.568. The number of ether oxygens (including phenoxy) is 1. The van der Waals surface area contributed by atoms with Gasteiger partial charge in [-0.05, 0) is 13.0 Å². The predicted octanol–water partition coefficient (Wildman–Crippen LogP) is 0.730. The first-order valence-corrected chi connectivity index (χ1v) is 5.89. The van der Waals surface area contributed by atoms with Gasteiger partial charge in [-0.2, -0.15) is 0 Å². The van der Waals surface area contributed by atoms with Crippen molar-refractivity contribution in [1.29, 1.82) is 0 Å². The quantitative estimate of drug-likeness (QED) is 0.840. The highest BCUT2D eigenvalue weighted by Gasteiger charge is 2.16. The van der Waals surface area contributed by atoms with Crippen LogP contribution in [0.15, 0.2) is 23.0 Å². The van der Waals surface area contributed by atoms with Crippen LogP contribution in [0.25, 0.3) is 0 Å². The molecule has 1 aromatic heterocycles. The van der Waals surface area contributed by atoms with Crippen LogP contribution in [0.1, 0.15) is 17.3 Å². The third-order valence-electron chi connectivity index (χ3n) is 2.80. The van der Waals surface area contributed by atoms with Crippen molar-refractivity contribution in [3.05, 3.63) is 24.2 Å². The Hall–Kier alpha value is -1.33. The first-order chi connectivity index (χ1) is 8.25. The van der Waals surface area contributed by atoms with Crippen molar-refractivity contribution in [3.63, 3.8) is 0 Å². The van der Waals surface area contributed by atoms with Crippen LogP contribution in [0.2, 0.25) is 0 Å². The lowest BCUT2D eigenvalue weighted by atomic mass is 10.2. The fraction of sp³-hybridized carbons (Fsp3) is 0.583. The molecule has 5 nitrogen and oxygen atoms in total. The van der Waals surface area contributed by atoms with Gasteiger partial charge in [0.2, 0.25) is 0 Å². The van der Waals surface area contributed by atoms with Crippen molar-refractivity contribution in [3.8, 4) is 0 Å². The second-order valence-corrected chi connectivity index (χ2v) is 4.30. The van der Waals surface area contributed by atoms with E-state index in [1.165, 1.54) is 12.5 Å². The number of rotatable bonds is 4. The van der Waals surface area contributed by atoms with E-state index in [9.17, 15) is 4.79 Å². The summed E-state index contributed by atoms with van der Waals surface area (Å²) >= 11 is 0. The highest BCUT2D eigenvalue weighted by molar-refractivity contribution is 5.93. The number of nitrogens with one attached hydrogen (secondary N) is 1. The van der Waals surface area contributed by atoms with Gasteiger partial charge < -0.3 is 14.5 Å². The van der Waals surface area contributed by atoms with Crippen LogP contribution in [0.4, 0.5) is 0 Å². The lowest BCUT2D eigenvalue weighted by molar-refractivity contribution is 0.0342. The molecule has 94 valence electrons. The second kappa shape index (κ2) is 5.84. The molecule has 1 N–H and O–H groups in total. The number of hydrogen-bond acceptors (Lipinski definition) is 4. The smallest absolute Gasteiger partial charge is 0.254 e. The van der Waals surface area contributed by atoms with Gasteiger partial charge in [-0.3, -0.25) is 9.69 Å². The number of carbonyl (C=O) groups excluding carboxylic acids is 1. The molecule has 1 aromatic rings. The van der Waals surface area contributed by atoms with Crippen LogP contribution in [-0.4, -0.2) is 49.7 Å². The molecule has 0 aliphatic carbocycles. The first kappa shape index (κ1) is 12.1. The molecule has 1 fully saturated rings. The van der Waals surface area contributed by atoms with Crippen LogP contribution in [-0.2, 0) is 4.74 Å². The maximum atomic E-state index is 11.7. The Bertz CT molecular complexity index is 345. The number of hydrogen-bond donors (Lipinski definition) is 1. The molecule has 0 spiro atoms. The van der Waals surface area contributed by atoms with Crippen molar-refractivity contribution < 1.29 is 13.9 Å². The molecular weight excluding hydrogens is 220 g/mol. The lowest BCUT2D eigenvalue weighted by Crippen LogP contribution is -2.45. The Morgan fingerprint density at radius 1 is 1.53 bits per heavy atom. The zero-order chi connectivity index (χ0) is 12.1. The van der Waals surface area contributed by atoms with E-state index in [1.54, 1.807) is 6.07 Å². The molecule has 1 atom stereocenters. The van der Waals surface area contributed by atoms with Gasteiger partial charge in [-0.1, -0.05) is 0 Å². The minimum absolute atomic E-state index is 0.0838. The topological polar surface area (TPSA) is 54.7 Å². The number of carbonyl (C=O) groups is 1. The summed E-state index contributed by atoms with van der Waals surface area (Å²) in [7, 11) is 0. The summed E-state index contributed by atoms with van der Waals surface area (Å²) in [5, 5.41) is 2.95. The van der Waals surface area contributed by atoms with Gasteiger partial charge in [0.25, 0.3) is 5.91 Å². The SMILES string of the molecule is C[C@H](CN1CCOCC1)NC(=O)c1ccoc1. The largest absolute Gasteiger partial charge is 0.472 e. The van der Waals surface area contributed by atoms with E-state index in [4.69, 9.17) is 9.15 Å². The summed E-state index contributed by atoms with van der Waals surface area (Å²) in [4.78, 5) is 14.0. The van der Waals surface area contributed by atoms with E-state index in [0.717, 1.165) is 32.8 Å². The molecule has 1 saturated heterocycles. The Labute approximate surface area is 101 Å². The molecular formula is C12H18N2O3. The molecule has 0 radical (unpaired) electrons. The van der Waals surface area contributed by atoms with E-state index in [-0.39, 0.29) is 11.9 Å². The molecule has 1 aliphatic rings. The van der Waals surface area contributed by atoms with E-state index in [0.29, 0.717) is 5.56 Å². The van der Waals surface area contributed by atoms with Crippen LogP contribution >= 0.6 is 0 Å². The van der Waals surface area contributed by atoms with Gasteiger partial charge in [-0.25, -0.2) is 0 Å². The third kappa shape index (κ3) is 3.57. The Morgan fingerprint density at radius 3 is 2.94 bits per heavy atom. The maximum Gasteiger partial charge on any atom is 0.254 e. The van der Waals surface area contributed by atoms with Gasteiger partial charge in [-0.15, -0.1) is 0 Å². The minimum Gasteiger partial charge on any atom is -0.472 e. The van der Waals surface area contributed by atoms with E-state index in [1.807, 2.05) is 6.92 Å². The van der Waals surface area contributed by atoms with Crippen molar-refractivity contribution in [1.82, 2.24) is 10.2 Å². The van der Waals surface area contributed by atoms with Crippen molar-refractivity contribution in [2.45, 2.75) is 13.0 Å². The molecule has 1 amide bonds. The van der Waals surface area contributed by atoms with Crippen LogP contribution in [0.5, 0.6) is 0 Å². The summed E-state index contributed by atoms with van der Waals surface area (Å²) in [6.07, 6.45) is 2.96. The summed E-state index contributed by atoms with van der Waals surface area (Å²) in [5.74, 6) is -0.0838. The highest BCUT2D eigenvalue weighted by atomic mass is 16.5. The van der Waals surface area contributed by atoms with Gasteiger partial charge in [0.15, 0.2) is 0 Å². The van der Waals surface area contributed by atoms with Crippen LogP contribution in [0.3, 0.4) is 0 Å². The first-order valence-electron chi connectivity index (χ1n) is 5.89. The number of furan rings is 1. The average Bonchev–Trinajstić information content (AvgIpc) is 2.83. The Balaban J connectivity index is 1.76. The van der Waals surface area contributed by atoms with E-state index in [2.05, 4.69) is 10.2 Å². The molecule has 0 bridgehead atoms. The molecule has 2 rings (SSSR count). The number of nitrogens with zero attached hydrogens (tertiary/aromatic N) is 1. The molecule has 0 unspecified atom stereocenters. The highest BCUT2D eigenvalue weighted by Crippen LogP contribution is 2.02. The van der Waals surface area contributed by atoms with Gasteiger partial charge in [0.1, 0.15) is 6.26 Å². The van der Waals surface area contributed by atoms with Gasteiger partial charge >= 0.3 is 0 Å². The summed E-state index contributed by atoms with van der Waals surface area (Å²) in [6.45, 7) is 6.29. The monoisotopic (exact) mass is 238 g/mol. The predicted molar refractivity (Wildman–Crippen MR) is 62.9 cm³/mol. The van der Waals surface area contributed by atoms with Gasteiger partial charge in [0, 0.05) is 25.7 Å². The van der Waals surface area contributed by atoms with Crippen molar-refractivity contribution in [2.75, 3.05) is 32.8 Å². The summed E-state index contributed by atoms with van der Waals surface area (Å²) in [6, 6.07) is 1.78. The van der Waals surface area contributed by atoms with Crippen molar-refractivity contribution >= 4 is 5.91 Å². The zero-order valence-corrected chi connectivity index (χ0v) is 10.0. The molecule has 1 aliphatic heterocycles. The molecule has 0 saturated carbocycles. The molecule has 17 heavy (non-hydrogen) atoms. The third-order valence-corrected chi connectivity index (χ3v) is 2.80. The van der Waals surface area contributed by atoms with Gasteiger partial charge in [0.05, 0.1) is 25.0 Å². The standard InChI is InChI=1S/C12H18N2O3/c1-10(8-14-3-6-16-7-4-14)13-12(15)11-2-5-17-9-11/h2,5,9-10H,3-4,6-8H2,1H3,(H,13,15)/t10-/m1/s1. The zero-order valence-electron chi connectivity index (χ0n) is 10.0. The normalized spacial score (nSPS) is 18.9. The van der Waals surface area contributed by atoms with E-state index >= 15 is 0 Å². The maximum absolute atomic E-state index is 11.7. The average molecular weight is 238 g/mol. The molecule has 5 heteroatoms. The molecule has 0 aromatic carbocycles. The van der Waals surface area contributed by atoms with E-state index < -0.39 is 0 Å². The number of morpholine rings is 1. The Morgan fingerprint density at radius 2 is 2.29 bits per heavy atom. The number of amides is 1. The van der Waals surface area contributed by atoms with Crippen molar-refractivity contribution in [2.24, 2.45) is 0 Å².